The summed E-state index contributed by atoms with van der Waals surface area (Å²) in [5.41, 5.74) is 2.60. The summed E-state index contributed by atoms with van der Waals surface area (Å²) in [6.45, 7) is 3.07. The van der Waals surface area contributed by atoms with Gasteiger partial charge in [0.25, 0.3) is 20.0 Å². The monoisotopic (exact) mass is 613 g/mol. The van der Waals surface area contributed by atoms with Crippen molar-refractivity contribution in [3.63, 3.8) is 0 Å². The van der Waals surface area contributed by atoms with E-state index in [0.717, 1.165) is 15.4 Å². The van der Waals surface area contributed by atoms with Crippen LogP contribution in [0.3, 0.4) is 0 Å². The lowest BCUT2D eigenvalue weighted by atomic mass is 10.1. The Morgan fingerprint density at radius 3 is 1.93 bits per heavy atom. The molecular formula is C29H28ClN3O6S2. The predicted octanol–water partition coefficient (Wildman–Crippen LogP) is 5.60. The van der Waals surface area contributed by atoms with Crippen LogP contribution in [0.2, 0.25) is 5.02 Å². The van der Waals surface area contributed by atoms with Gasteiger partial charge in [0.2, 0.25) is 5.91 Å². The lowest BCUT2D eigenvalue weighted by molar-refractivity contribution is -0.114. The topological polar surface area (TPSA) is 122 Å². The molecule has 0 bridgehead atoms. The molecule has 4 aromatic rings. The number of nitrogens with zero attached hydrogens (tertiary/aromatic N) is 1. The maximum atomic E-state index is 13.6. The average Bonchev–Trinajstić information content (AvgIpc) is 2.94. The van der Waals surface area contributed by atoms with Crippen molar-refractivity contribution in [2.45, 2.75) is 23.6 Å². The molecule has 0 aliphatic rings. The van der Waals surface area contributed by atoms with E-state index in [1.807, 2.05) is 32.0 Å². The Bertz CT molecular complexity index is 1740. The van der Waals surface area contributed by atoms with Crippen LogP contribution in [0.25, 0.3) is 0 Å². The molecule has 41 heavy (non-hydrogen) atoms. The Balaban J connectivity index is 1.54. The zero-order valence-electron chi connectivity index (χ0n) is 22.5. The molecule has 12 heteroatoms. The largest absolute Gasteiger partial charge is 0.497 e. The second-order valence-corrected chi connectivity index (χ2v) is 13.1. The number of para-hydroxylation sites is 1. The van der Waals surface area contributed by atoms with E-state index in [2.05, 4.69) is 10.0 Å². The summed E-state index contributed by atoms with van der Waals surface area (Å²) in [6.07, 6.45) is 0. The van der Waals surface area contributed by atoms with Crippen LogP contribution in [0.1, 0.15) is 11.1 Å². The molecule has 0 heterocycles. The number of hydrogen-bond donors (Lipinski definition) is 2. The summed E-state index contributed by atoms with van der Waals surface area (Å²) in [6, 6.07) is 22.9. The third kappa shape index (κ3) is 6.99. The van der Waals surface area contributed by atoms with E-state index in [0.29, 0.717) is 22.1 Å². The van der Waals surface area contributed by atoms with Crippen molar-refractivity contribution in [2.24, 2.45) is 0 Å². The second kappa shape index (κ2) is 12.2. The van der Waals surface area contributed by atoms with Crippen molar-refractivity contribution in [1.29, 1.82) is 0 Å². The van der Waals surface area contributed by atoms with Crippen molar-refractivity contribution < 1.29 is 26.4 Å². The molecule has 0 fully saturated rings. The van der Waals surface area contributed by atoms with Crippen LogP contribution in [0.5, 0.6) is 5.75 Å². The van der Waals surface area contributed by atoms with Gasteiger partial charge in [-0.1, -0.05) is 29.8 Å². The molecular weight excluding hydrogens is 586 g/mol. The summed E-state index contributed by atoms with van der Waals surface area (Å²) < 4.78 is 61.7. The molecule has 0 radical (unpaired) electrons. The van der Waals surface area contributed by atoms with E-state index < -0.39 is 32.5 Å². The molecule has 214 valence electrons. The highest BCUT2D eigenvalue weighted by Crippen LogP contribution is 2.27. The van der Waals surface area contributed by atoms with E-state index >= 15 is 0 Å². The molecule has 9 nitrogen and oxygen atoms in total. The molecule has 1 amide bonds. The molecule has 0 atom stereocenters. The van der Waals surface area contributed by atoms with Gasteiger partial charge in [-0.25, -0.2) is 16.8 Å². The Morgan fingerprint density at radius 2 is 1.37 bits per heavy atom. The van der Waals surface area contributed by atoms with Gasteiger partial charge in [0.05, 0.1) is 28.3 Å². The maximum Gasteiger partial charge on any atom is 0.264 e. The van der Waals surface area contributed by atoms with Gasteiger partial charge in [0.1, 0.15) is 12.3 Å². The number of methoxy groups -OCH3 is 1. The highest BCUT2D eigenvalue weighted by atomic mass is 35.5. The first-order chi connectivity index (χ1) is 19.4. The van der Waals surface area contributed by atoms with Crippen LogP contribution in [0.4, 0.5) is 17.1 Å². The highest BCUT2D eigenvalue weighted by Gasteiger charge is 2.27. The molecule has 0 saturated carbocycles. The number of ether oxygens (including phenoxy) is 1. The number of aryl methyl sites for hydroxylation is 2. The minimum absolute atomic E-state index is 0.00280. The van der Waals surface area contributed by atoms with E-state index in [1.54, 1.807) is 0 Å². The average molecular weight is 614 g/mol. The number of carbonyl (C=O) groups is 1. The van der Waals surface area contributed by atoms with Crippen molar-refractivity contribution in [3.05, 3.63) is 107 Å². The Labute approximate surface area is 244 Å². The molecule has 2 N–H and O–H groups in total. The minimum Gasteiger partial charge on any atom is -0.497 e. The van der Waals surface area contributed by atoms with Gasteiger partial charge in [0, 0.05) is 10.7 Å². The van der Waals surface area contributed by atoms with Gasteiger partial charge in [-0.2, -0.15) is 0 Å². The first-order valence-electron chi connectivity index (χ1n) is 12.3. The lowest BCUT2D eigenvalue weighted by Gasteiger charge is -2.24. The van der Waals surface area contributed by atoms with Crippen LogP contribution in [0.15, 0.2) is 101 Å². The number of anilines is 3. The number of carbonyl (C=O) groups excluding carboxylic acids is 1. The normalized spacial score (nSPS) is 11.5. The quantitative estimate of drug-likeness (QED) is 0.240. The number of hydrogen-bond acceptors (Lipinski definition) is 6. The van der Waals surface area contributed by atoms with E-state index in [4.69, 9.17) is 16.3 Å². The molecule has 4 aromatic carbocycles. The number of halogens is 1. The Morgan fingerprint density at radius 1 is 0.805 bits per heavy atom. The highest BCUT2D eigenvalue weighted by molar-refractivity contribution is 7.93. The summed E-state index contributed by atoms with van der Waals surface area (Å²) in [5.74, 6) is -0.157. The molecule has 0 aromatic heterocycles. The molecule has 0 unspecified atom stereocenters. The number of amides is 1. The zero-order chi connectivity index (χ0) is 29.8. The number of benzene rings is 4. The van der Waals surface area contributed by atoms with Crippen molar-refractivity contribution in [2.75, 3.05) is 28.0 Å². The van der Waals surface area contributed by atoms with Crippen LogP contribution < -0.4 is 19.1 Å². The van der Waals surface area contributed by atoms with Gasteiger partial charge in [-0.15, -0.1) is 0 Å². The standard InChI is InChI=1S/C29H28ClN3O6S2/c1-20-5-4-6-21(2)29(20)32-40(35,36)26-15-9-23(10-16-26)31-28(34)19-33(24-11-7-22(30)8-12-24)41(37,38)27-17-13-25(39-3)14-18-27/h4-18,32H,19H2,1-3H3,(H,31,34). The maximum absolute atomic E-state index is 13.6. The Kier molecular flexibility index (Phi) is 8.91. The third-order valence-corrected chi connectivity index (χ3v) is 9.62. The summed E-state index contributed by atoms with van der Waals surface area (Å²) in [7, 11) is -6.57. The van der Waals surface area contributed by atoms with Gasteiger partial charge in [0.15, 0.2) is 0 Å². The summed E-state index contributed by atoms with van der Waals surface area (Å²) >= 11 is 5.99. The first-order valence-corrected chi connectivity index (χ1v) is 15.6. The number of rotatable bonds is 10. The lowest BCUT2D eigenvalue weighted by Crippen LogP contribution is -2.38. The predicted molar refractivity (Wildman–Crippen MR) is 161 cm³/mol. The van der Waals surface area contributed by atoms with Crippen LogP contribution in [0, 0.1) is 13.8 Å². The van der Waals surface area contributed by atoms with Crippen molar-refractivity contribution in [1.82, 2.24) is 0 Å². The second-order valence-electron chi connectivity index (χ2n) is 9.11. The summed E-state index contributed by atoms with van der Waals surface area (Å²) in [5, 5.41) is 3.04. The van der Waals surface area contributed by atoms with E-state index in [-0.39, 0.29) is 15.5 Å². The fraction of sp³-hybridized carbons (Fsp3) is 0.138. The number of sulfonamides is 2. The SMILES string of the molecule is COc1ccc(S(=O)(=O)N(CC(=O)Nc2ccc(S(=O)(=O)Nc3c(C)cccc3C)cc2)c2ccc(Cl)cc2)cc1. The van der Waals surface area contributed by atoms with Gasteiger partial charge in [-0.05, 0) is 97.8 Å². The van der Waals surface area contributed by atoms with E-state index in [9.17, 15) is 21.6 Å². The van der Waals surface area contributed by atoms with Crippen molar-refractivity contribution >= 4 is 54.6 Å². The van der Waals surface area contributed by atoms with Gasteiger partial charge >= 0.3 is 0 Å². The fourth-order valence-electron chi connectivity index (χ4n) is 4.01. The third-order valence-electron chi connectivity index (χ3n) is 6.22. The van der Waals surface area contributed by atoms with Gasteiger partial charge < -0.3 is 10.1 Å². The fourth-order valence-corrected chi connectivity index (χ4v) is 6.76. The van der Waals surface area contributed by atoms with Crippen molar-refractivity contribution in [3.8, 4) is 5.75 Å². The van der Waals surface area contributed by atoms with Crippen LogP contribution >= 0.6 is 11.6 Å². The number of nitrogens with one attached hydrogen (secondary N) is 2. The minimum atomic E-state index is -4.16. The first kappa shape index (κ1) is 29.9. The smallest absolute Gasteiger partial charge is 0.264 e. The van der Waals surface area contributed by atoms with Crippen LogP contribution in [-0.4, -0.2) is 36.4 Å². The van der Waals surface area contributed by atoms with E-state index in [1.165, 1.54) is 79.9 Å². The molecule has 0 aliphatic carbocycles. The molecule has 0 aliphatic heterocycles. The summed E-state index contributed by atoms with van der Waals surface area (Å²) in [4.78, 5) is 13.0. The molecule has 4 rings (SSSR count). The Hall–Kier alpha value is -4.06. The molecule has 0 spiro atoms. The zero-order valence-corrected chi connectivity index (χ0v) is 24.8. The van der Waals surface area contributed by atoms with Crippen LogP contribution in [-0.2, 0) is 24.8 Å². The molecule has 0 saturated heterocycles. The van der Waals surface area contributed by atoms with Gasteiger partial charge in [-0.3, -0.25) is 13.8 Å².